The summed E-state index contributed by atoms with van der Waals surface area (Å²) in [4.78, 5) is 0. The molecular weight excluding hydrogens is 216 g/mol. The van der Waals surface area contributed by atoms with Gasteiger partial charge in [-0.3, -0.25) is 0 Å². The molecule has 1 atom stereocenters. The van der Waals surface area contributed by atoms with Crippen LogP contribution in [0.2, 0.25) is 0 Å². The Labute approximate surface area is 99.9 Å². The van der Waals surface area contributed by atoms with Crippen molar-refractivity contribution in [3.05, 3.63) is 53.3 Å². The molecule has 1 heterocycles. The van der Waals surface area contributed by atoms with Crippen molar-refractivity contribution in [2.24, 2.45) is 0 Å². The Kier molecular flexibility index (Phi) is 3.35. The minimum absolute atomic E-state index is 0.667. The van der Waals surface area contributed by atoms with E-state index in [1.54, 1.807) is 25.6 Å². The highest BCUT2D eigenvalue weighted by atomic mass is 16.5. The van der Waals surface area contributed by atoms with Gasteiger partial charge in [0.25, 0.3) is 0 Å². The Bertz CT molecular complexity index is 500. The summed E-state index contributed by atoms with van der Waals surface area (Å²) in [6.45, 7) is 1.97. The molecule has 2 aromatic rings. The van der Waals surface area contributed by atoms with Crippen LogP contribution in [-0.4, -0.2) is 22.4 Å². The molecule has 0 aliphatic rings. The standard InChI is InChI=1S/C13H14N2O2/c1-9-3-4-12(17-2)11(7-9)13(16)10-5-6-14-15-8-10/h3-8,13,16H,1-2H3. The van der Waals surface area contributed by atoms with Crippen molar-refractivity contribution < 1.29 is 9.84 Å². The van der Waals surface area contributed by atoms with Crippen LogP contribution in [0.25, 0.3) is 0 Å². The summed E-state index contributed by atoms with van der Waals surface area (Å²) in [5.74, 6) is 0.667. The lowest BCUT2D eigenvalue weighted by atomic mass is 10.0. The van der Waals surface area contributed by atoms with Crippen LogP contribution in [-0.2, 0) is 0 Å². The predicted octanol–water partition coefficient (Wildman–Crippen LogP) is 1.88. The fourth-order valence-corrected chi connectivity index (χ4v) is 1.71. The first-order valence-corrected chi connectivity index (χ1v) is 5.31. The number of aryl methyl sites for hydroxylation is 1. The summed E-state index contributed by atoms with van der Waals surface area (Å²) >= 11 is 0. The van der Waals surface area contributed by atoms with E-state index in [0.29, 0.717) is 11.3 Å². The minimum Gasteiger partial charge on any atom is -0.496 e. The van der Waals surface area contributed by atoms with Gasteiger partial charge in [-0.15, -0.1) is 0 Å². The van der Waals surface area contributed by atoms with Gasteiger partial charge < -0.3 is 9.84 Å². The number of rotatable bonds is 3. The Morgan fingerprint density at radius 1 is 1.24 bits per heavy atom. The van der Waals surface area contributed by atoms with Gasteiger partial charge in [0, 0.05) is 17.3 Å². The molecule has 88 valence electrons. The van der Waals surface area contributed by atoms with Crippen LogP contribution >= 0.6 is 0 Å². The Hall–Kier alpha value is -1.94. The molecule has 0 radical (unpaired) electrons. The van der Waals surface area contributed by atoms with E-state index in [-0.39, 0.29) is 0 Å². The maximum absolute atomic E-state index is 10.3. The molecule has 1 N–H and O–H groups in total. The molecule has 0 fully saturated rings. The first-order valence-electron chi connectivity index (χ1n) is 5.31. The van der Waals surface area contributed by atoms with E-state index in [1.165, 1.54) is 0 Å². The lowest BCUT2D eigenvalue weighted by Crippen LogP contribution is -2.03. The second-order valence-electron chi connectivity index (χ2n) is 3.82. The molecule has 0 spiro atoms. The fourth-order valence-electron chi connectivity index (χ4n) is 1.71. The summed E-state index contributed by atoms with van der Waals surface area (Å²) < 4.78 is 5.25. The predicted molar refractivity (Wildman–Crippen MR) is 63.8 cm³/mol. The van der Waals surface area contributed by atoms with Gasteiger partial charge in [0.1, 0.15) is 11.9 Å². The molecule has 1 aromatic carbocycles. The van der Waals surface area contributed by atoms with E-state index < -0.39 is 6.10 Å². The van der Waals surface area contributed by atoms with Crippen LogP contribution in [0, 0.1) is 6.92 Å². The molecule has 17 heavy (non-hydrogen) atoms. The number of aliphatic hydroxyl groups is 1. The topological polar surface area (TPSA) is 55.2 Å². The number of ether oxygens (including phenoxy) is 1. The highest BCUT2D eigenvalue weighted by molar-refractivity contribution is 5.41. The third-order valence-corrected chi connectivity index (χ3v) is 2.60. The van der Waals surface area contributed by atoms with Crippen molar-refractivity contribution in [1.29, 1.82) is 0 Å². The first-order chi connectivity index (χ1) is 8.22. The fraction of sp³-hybridized carbons (Fsp3) is 0.231. The van der Waals surface area contributed by atoms with Gasteiger partial charge in [-0.2, -0.15) is 10.2 Å². The van der Waals surface area contributed by atoms with E-state index in [4.69, 9.17) is 4.74 Å². The Morgan fingerprint density at radius 3 is 2.71 bits per heavy atom. The summed E-state index contributed by atoms with van der Waals surface area (Å²) in [6.07, 6.45) is 2.35. The maximum atomic E-state index is 10.3. The maximum Gasteiger partial charge on any atom is 0.125 e. The Morgan fingerprint density at radius 2 is 2.06 bits per heavy atom. The summed E-state index contributed by atoms with van der Waals surface area (Å²) in [5.41, 5.74) is 2.51. The molecule has 0 saturated heterocycles. The van der Waals surface area contributed by atoms with E-state index >= 15 is 0 Å². The molecule has 0 aliphatic carbocycles. The second kappa shape index (κ2) is 4.93. The number of benzene rings is 1. The van der Waals surface area contributed by atoms with Crippen LogP contribution < -0.4 is 4.74 Å². The van der Waals surface area contributed by atoms with E-state index in [9.17, 15) is 5.11 Å². The van der Waals surface area contributed by atoms with E-state index in [1.807, 2.05) is 25.1 Å². The first kappa shape index (κ1) is 11.5. The van der Waals surface area contributed by atoms with Gasteiger partial charge in [0.05, 0.1) is 13.3 Å². The number of methoxy groups -OCH3 is 1. The SMILES string of the molecule is COc1ccc(C)cc1C(O)c1ccnnc1. The molecule has 0 bridgehead atoms. The van der Waals surface area contributed by atoms with Crippen LogP contribution in [0.3, 0.4) is 0 Å². The van der Waals surface area contributed by atoms with Gasteiger partial charge in [0.15, 0.2) is 0 Å². The molecule has 0 saturated carbocycles. The number of hydrogen-bond acceptors (Lipinski definition) is 4. The number of aliphatic hydroxyl groups excluding tert-OH is 1. The van der Waals surface area contributed by atoms with Gasteiger partial charge >= 0.3 is 0 Å². The van der Waals surface area contributed by atoms with Crippen molar-refractivity contribution in [1.82, 2.24) is 10.2 Å². The molecule has 2 rings (SSSR count). The van der Waals surface area contributed by atoms with Crippen molar-refractivity contribution >= 4 is 0 Å². The van der Waals surface area contributed by atoms with Gasteiger partial charge in [-0.25, -0.2) is 0 Å². The third-order valence-electron chi connectivity index (χ3n) is 2.60. The van der Waals surface area contributed by atoms with E-state index in [2.05, 4.69) is 10.2 Å². The van der Waals surface area contributed by atoms with Crippen LogP contribution in [0.5, 0.6) is 5.75 Å². The molecule has 1 aromatic heterocycles. The zero-order valence-electron chi connectivity index (χ0n) is 9.79. The summed E-state index contributed by atoms with van der Waals surface area (Å²) in [7, 11) is 1.59. The van der Waals surface area contributed by atoms with E-state index in [0.717, 1.165) is 11.1 Å². The number of aromatic nitrogens is 2. The molecule has 1 unspecified atom stereocenters. The molecular formula is C13H14N2O2. The average molecular weight is 230 g/mol. The zero-order valence-corrected chi connectivity index (χ0v) is 9.79. The minimum atomic E-state index is -0.750. The second-order valence-corrected chi connectivity index (χ2v) is 3.82. The third kappa shape index (κ3) is 2.42. The smallest absolute Gasteiger partial charge is 0.125 e. The molecule has 0 aliphatic heterocycles. The number of hydrogen-bond donors (Lipinski definition) is 1. The highest BCUT2D eigenvalue weighted by Gasteiger charge is 2.15. The lowest BCUT2D eigenvalue weighted by molar-refractivity contribution is 0.214. The van der Waals surface area contributed by atoms with Crippen molar-refractivity contribution in [3.8, 4) is 5.75 Å². The zero-order chi connectivity index (χ0) is 12.3. The molecule has 0 amide bonds. The summed E-state index contributed by atoms with van der Waals surface area (Å²) in [6, 6.07) is 7.44. The van der Waals surface area contributed by atoms with Crippen LogP contribution in [0.15, 0.2) is 36.7 Å². The summed E-state index contributed by atoms with van der Waals surface area (Å²) in [5, 5.41) is 17.7. The van der Waals surface area contributed by atoms with Crippen molar-refractivity contribution in [2.75, 3.05) is 7.11 Å². The number of nitrogens with zero attached hydrogens (tertiary/aromatic N) is 2. The van der Waals surface area contributed by atoms with Crippen molar-refractivity contribution in [2.45, 2.75) is 13.0 Å². The lowest BCUT2D eigenvalue weighted by Gasteiger charge is -2.15. The van der Waals surface area contributed by atoms with Gasteiger partial charge in [0.2, 0.25) is 0 Å². The highest BCUT2D eigenvalue weighted by Crippen LogP contribution is 2.30. The average Bonchev–Trinajstić information content (AvgIpc) is 2.39. The van der Waals surface area contributed by atoms with Gasteiger partial charge in [-0.05, 0) is 25.1 Å². The largest absolute Gasteiger partial charge is 0.496 e. The normalized spacial score (nSPS) is 12.2. The van der Waals surface area contributed by atoms with Crippen LogP contribution in [0.1, 0.15) is 22.8 Å². The quantitative estimate of drug-likeness (QED) is 0.874. The van der Waals surface area contributed by atoms with Crippen molar-refractivity contribution in [3.63, 3.8) is 0 Å². The molecule has 4 heteroatoms. The van der Waals surface area contributed by atoms with Crippen LogP contribution in [0.4, 0.5) is 0 Å². The molecule has 4 nitrogen and oxygen atoms in total. The monoisotopic (exact) mass is 230 g/mol. The Balaban J connectivity index is 2.43. The van der Waals surface area contributed by atoms with Gasteiger partial charge in [-0.1, -0.05) is 11.6 Å².